The molecule has 1 aromatic carbocycles. The zero-order chi connectivity index (χ0) is 13.8. The monoisotopic (exact) mass is 261 g/mol. The molecule has 1 N–H and O–H groups in total. The van der Waals surface area contributed by atoms with Gasteiger partial charge >= 0.3 is 5.97 Å². The molecule has 0 spiro atoms. The topological polar surface area (TPSA) is 57.6 Å². The van der Waals surface area contributed by atoms with Crippen molar-refractivity contribution >= 4 is 11.9 Å². The predicted octanol–water partition coefficient (Wildman–Crippen LogP) is 2.32. The number of carboxylic acids is 1. The molecule has 0 radical (unpaired) electrons. The highest BCUT2D eigenvalue weighted by atomic mass is 16.4. The van der Waals surface area contributed by atoms with Gasteiger partial charge in [-0.2, -0.15) is 0 Å². The number of carboxylic acid groups (broad SMARTS) is 1. The van der Waals surface area contributed by atoms with Gasteiger partial charge in [0.15, 0.2) is 0 Å². The second-order valence-electron chi connectivity index (χ2n) is 5.21. The lowest BCUT2D eigenvalue weighted by Crippen LogP contribution is -2.28. The maximum absolute atomic E-state index is 12.3. The maximum atomic E-state index is 12.3. The van der Waals surface area contributed by atoms with Crippen molar-refractivity contribution in [3.05, 3.63) is 35.4 Å². The Balaban J connectivity index is 1.93. The Morgan fingerprint density at radius 3 is 2.89 bits per heavy atom. The number of aliphatic carboxylic acids is 1. The van der Waals surface area contributed by atoms with Crippen LogP contribution in [0.25, 0.3) is 0 Å². The van der Waals surface area contributed by atoms with Crippen LogP contribution in [0.3, 0.4) is 0 Å². The highest BCUT2D eigenvalue weighted by Crippen LogP contribution is 2.22. The summed E-state index contributed by atoms with van der Waals surface area (Å²) < 4.78 is 0. The van der Waals surface area contributed by atoms with Gasteiger partial charge in [0.1, 0.15) is 0 Å². The minimum absolute atomic E-state index is 0.0570. The van der Waals surface area contributed by atoms with Gasteiger partial charge in [0.2, 0.25) is 0 Å². The first kappa shape index (κ1) is 13.6. The Morgan fingerprint density at radius 1 is 1.42 bits per heavy atom. The summed E-state index contributed by atoms with van der Waals surface area (Å²) in [5.74, 6) is -0.380. The first-order valence-electron chi connectivity index (χ1n) is 6.64. The van der Waals surface area contributed by atoms with Gasteiger partial charge in [-0.25, -0.2) is 0 Å². The average molecular weight is 261 g/mol. The summed E-state index contributed by atoms with van der Waals surface area (Å²) >= 11 is 0. The van der Waals surface area contributed by atoms with Crippen molar-refractivity contribution in [1.82, 2.24) is 4.90 Å². The van der Waals surface area contributed by atoms with Crippen LogP contribution in [0.4, 0.5) is 0 Å². The lowest BCUT2D eigenvalue weighted by Gasteiger charge is -2.16. The van der Waals surface area contributed by atoms with E-state index in [2.05, 4.69) is 0 Å². The number of hydrogen-bond donors (Lipinski definition) is 1. The summed E-state index contributed by atoms with van der Waals surface area (Å²) in [6.45, 7) is 3.38. The number of nitrogens with zero attached hydrogens (tertiary/aromatic N) is 1. The molecule has 0 saturated carbocycles. The van der Waals surface area contributed by atoms with Crippen LogP contribution in [-0.4, -0.2) is 35.0 Å². The van der Waals surface area contributed by atoms with Crippen LogP contribution in [0.2, 0.25) is 0 Å². The molecule has 19 heavy (non-hydrogen) atoms. The molecule has 4 heteroatoms. The molecule has 1 aliphatic heterocycles. The zero-order valence-electron chi connectivity index (χ0n) is 11.1. The molecule has 0 bridgehead atoms. The minimum atomic E-state index is -0.761. The van der Waals surface area contributed by atoms with E-state index >= 15 is 0 Å². The van der Waals surface area contributed by atoms with Crippen LogP contribution in [0, 0.1) is 12.8 Å². The molecular weight excluding hydrogens is 242 g/mol. The molecule has 102 valence electrons. The van der Waals surface area contributed by atoms with Gasteiger partial charge in [0.25, 0.3) is 5.91 Å². The van der Waals surface area contributed by atoms with Crippen molar-refractivity contribution in [3.8, 4) is 0 Å². The Morgan fingerprint density at radius 2 is 2.21 bits per heavy atom. The highest BCUT2D eigenvalue weighted by molar-refractivity contribution is 5.94. The fraction of sp³-hybridized carbons (Fsp3) is 0.467. The fourth-order valence-corrected chi connectivity index (χ4v) is 2.54. The molecule has 1 unspecified atom stereocenters. The third-order valence-corrected chi connectivity index (χ3v) is 3.60. The zero-order valence-corrected chi connectivity index (χ0v) is 11.1. The number of benzene rings is 1. The summed E-state index contributed by atoms with van der Waals surface area (Å²) in [5.41, 5.74) is 1.80. The number of rotatable bonds is 4. The molecule has 1 aliphatic rings. The van der Waals surface area contributed by atoms with Crippen LogP contribution in [0.15, 0.2) is 24.3 Å². The smallest absolute Gasteiger partial charge is 0.303 e. The first-order valence-corrected chi connectivity index (χ1v) is 6.64. The molecule has 1 saturated heterocycles. The molecule has 1 atom stereocenters. The van der Waals surface area contributed by atoms with E-state index in [-0.39, 0.29) is 12.3 Å². The van der Waals surface area contributed by atoms with E-state index in [1.165, 1.54) is 0 Å². The number of likely N-dealkylation sites (tertiary alicyclic amines) is 1. The van der Waals surface area contributed by atoms with Gasteiger partial charge in [-0.1, -0.05) is 17.7 Å². The highest BCUT2D eigenvalue weighted by Gasteiger charge is 2.27. The number of carbonyl (C=O) groups excluding carboxylic acids is 1. The summed E-state index contributed by atoms with van der Waals surface area (Å²) in [6, 6.07) is 7.59. The van der Waals surface area contributed by atoms with E-state index < -0.39 is 5.97 Å². The number of carbonyl (C=O) groups is 2. The molecule has 4 nitrogen and oxygen atoms in total. The second kappa shape index (κ2) is 5.87. The van der Waals surface area contributed by atoms with Gasteiger partial charge in [0, 0.05) is 25.1 Å². The number of hydrogen-bond acceptors (Lipinski definition) is 2. The molecule has 1 heterocycles. The van der Waals surface area contributed by atoms with Crippen molar-refractivity contribution in [1.29, 1.82) is 0 Å². The molecule has 2 rings (SSSR count). The summed E-state index contributed by atoms with van der Waals surface area (Å²) in [7, 11) is 0. The van der Waals surface area contributed by atoms with E-state index in [1.54, 1.807) is 0 Å². The molecule has 1 fully saturated rings. The Kier molecular flexibility index (Phi) is 4.20. The van der Waals surface area contributed by atoms with Crippen molar-refractivity contribution < 1.29 is 14.7 Å². The maximum Gasteiger partial charge on any atom is 0.303 e. The molecule has 1 amide bonds. The lowest BCUT2D eigenvalue weighted by molar-refractivity contribution is -0.137. The molecule has 0 aliphatic carbocycles. The first-order chi connectivity index (χ1) is 9.06. The normalized spacial score (nSPS) is 18.6. The van der Waals surface area contributed by atoms with Crippen molar-refractivity contribution in [2.75, 3.05) is 13.1 Å². The van der Waals surface area contributed by atoms with Gasteiger partial charge in [-0.05, 0) is 37.8 Å². The standard InChI is InChI=1S/C15H19NO3/c1-11-3-2-4-13(9-11)15(19)16-8-7-12(10-16)5-6-14(17)18/h2-4,9,12H,5-8,10H2,1H3,(H,17,18). The van der Waals surface area contributed by atoms with Crippen LogP contribution in [0.1, 0.15) is 35.2 Å². The minimum Gasteiger partial charge on any atom is -0.481 e. The average Bonchev–Trinajstić information content (AvgIpc) is 2.84. The van der Waals surface area contributed by atoms with Crippen molar-refractivity contribution in [2.45, 2.75) is 26.2 Å². The van der Waals surface area contributed by atoms with E-state index in [4.69, 9.17) is 5.11 Å². The Bertz CT molecular complexity index is 484. The molecule has 0 aromatic heterocycles. The summed E-state index contributed by atoms with van der Waals surface area (Å²) in [6.07, 6.45) is 1.76. The number of aryl methyl sites for hydroxylation is 1. The summed E-state index contributed by atoms with van der Waals surface area (Å²) in [5, 5.41) is 8.68. The second-order valence-corrected chi connectivity index (χ2v) is 5.21. The SMILES string of the molecule is Cc1cccc(C(=O)N2CCC(CCC(=O)O)C2)c1. The van der Waals surface area contributed by atoms with Gasteiger partial charge in [-0.3, -0.25) is 9.59 Å². The Labute approximate surface area is 113 Å². The fourth-order valence-electron chi connectivity index (χ4n) is 2.54. The van der Waals surface area contributed by atoms with E-state index in [0.29, 0.717) is 18.9 Å². The largest absolute Gasteiger partial charge is 0.481 e. The molecular formula is C15H19NO3. The predicted molar refractivity (Wildman–Crippen MR) is 72.1 cm³/mol. The van der Waals surface area contributed by atoms with Gasteiger partial charge in [-0.15, -0.1) is 0 Å². The van der Waals surface area contributed by atoms with Crippen molar-refractivity contribution in [3.63, 3.8) is 0 Å². The van der Waals surface area contributed by atoms with Gasteiger partial charge < -0.3 is 10.0 Å². The van der Waals surface area contributed by atoms with Crippen LogP contribution < -0.4 is 0 Å². The molecule has 1 aromatic rings. The number of amides is 1. The van der Waals surface area contributed by atoms with Gasteiger partial charge in [0.05, 0.1) is 0 Å². The van der Waals surface area contributed by atoms with E-state index in [0.717, 1.165) is 24.1 Å². The van der Waals surface area contributed by atoms with Crippen LogP contribution >= 0.6 is 0 Å². The van der Waals surface area contributed by atoms with E-state index in [1.807, 2.05) is 36.1 Å². The third-order valence-electron chi connectivity index (χ3n) is 3.60. The lowest BCUT2D eigenvalue weighted by atomic mass is 10.0. The van der Waals surface area contributed by atoms with Crippen LogP contribution in [-0.2, 0) is 4.79 Å². The van der Waals surface area contributed by atoms with Crippen molar-refractivity contribution in [2.24, 2.45) is 5.92 Å². The Hall–Kier alpha value is -1.84. The van der Waals surface area contributed by atoms with Crippen LogP contribution in [0.5, 0.6) is 0 Å². The van der Waals surface area contributed by atoms with E-state index in [9.17, 15) is 9.59 Å². The third kappa shape index (κ3) is 3.56. The quantitative estimate of drug-likeness (QED) is 0.905. The summed E-state index contributed by atoms with van der Waals surface area (Å²) in [4.78, 5) is 24.7.